The molecule has 2 saturated carbocycles. The van der Waals surface area contributed by atoms with Crippen LogP contribution in [-0.4, -0.2) is 0 Å². The Kier molecular flexibility index (Phi) is 4.62. The van der Waals surface area contributed by atoms with Gasteiger partial charge in [0, 0.05) is 11.1 Å². The van der Waals surface area contributed by atoms with Crippen LogP contribution < -0.4 is 5.32 Å². The molecule has 2 aliphatic carbocycles. The zero-order valence-electron chi connectivity index (χ0n) is 19.6. The predicted octanol–water partition coefficient (Wildman–Crippen LogP) is 8.04. The van der Waals surface area contributed by atoms with Gasteiger partial charge in [-0.25, -0.2) is 0 Å². The molecule has 0 radical (unpaired) electrons. The van der Waals surface area contributed by atoms with Crippen LogP contribution in [0.2, 0.25) is 0 Å². The quantitative estimate of drug-likeness (QED) is 0.537. The third-order valence-corrected chi connectivity index (χ3v) is 8.72. The minimum atomic E-state index is 0.0602. The van der Waals surface area contributed by atoms with E-state index in [9.17, 15) is 0 Å². The van der Waals surface area contributed by atoms with Crippen molar-refractivity contribution in [3.05, 3.63) is 64.7 Å². The number of hydrogen-bond acceptors (Lipinski definition) is 1. The van der Waals surface area contributed by atoms with Crippen LogP contribution in [0.1, 0.15) is 108 Å². The van der Waals surface area contributed by atoms with E-state index in [1.165, 1.54) is 67.3 Å². The molecule has 3 aliphatic rings. The molecule has 0 aromatic heterocycles. The van der Waals surface area contributed by atoms with Crippen LogP contribution in [-0.2, 0) is 16.4 Å². The average molecular weight is 402 g/mol. The molecule has 2 aromatic rings. The fraction of sp³-hybridized carbons (Fsp3) is 0.586. The van der Waals surface area contributed by atoms with Crippen molar-refractivity contribution in [2.75, 3.05) is 5.32 Å². The molecule has 1 N–H and O–H groups in total. The van der Waals surface area contributed by atoms with E-state index >= 15 is 0 Å². The molecule has 1 nitrogen and oxygen atoms in total. The van der Waals surface area contributed by atoms with Gasteiger partial charge in [-0.2, -0.15) is 0 Å². The summed E-state index contributed by atoms with van der Waals surface area (Å²) in [5.74, 6) is 1.39. The second kappa shape index (κ2) is 6.87. The van der Waals surface area contributed by atoms with E-state index in [4.69, 9.17) is 0 Å². The second-order valence-electron chi connectivity index (χ2n) is 11.6. The third-order valence-electron chi connectivity index (χ3n) is 8.72. The first-order valence-corrected chi connectivity index (χ1v) is 12.3. The van der Waals surface area contributed by atoms with Crippen molar-refractivity contribution in [3.8, 4) is 0 Å². The van der Waals surface area contributed by atoms with Crippen molar-refractivity contribution in [1.82, 2.24) is 0 Å². The summed E-state index contributed by atoms with van der Waals surface area (Å²) in [6.07, 6.45) is 9.50. The summed E-state index contributed by atoms with van der Waals surface area (Å²) < 4.78 is 0. The van der Waals surface area contributed by atoms with E-state index in [1.54, 1.807) is 5.56 Å². The molecule has 2 aromatic carbocycles. The highest BCUT2D eigenvalue weighted by Gasteiger charge is 2.63. The molecule has 1 unspecified atom stereocenters. The topological polar surface area (TPSA) is 12.0 Å². The van der Waals surface area contributed by atoms with Gasteiger partial charge in [0.15, 0.2) is 0 Å². The molecule has 5 rings (SSSR count). The van der Waals surface area contributed by atoms with Crippen molar-refractivity contribution < 1.29 is 0 Å². The van der Waals surface area contributed by atoms with Crippen LogP contribution in [0.15, 0.2) is 42.5 Å². The maximum absolute atomic E-state index is 4.18. The molecular formula is C29H39N. The first-order valence-electron chi connectivity index (χ1n) is 12.3. The van der Waals surface area contributed by atoms with Gasteiger partial charge in [-0.3, -0.25) is 0 Å². The van der Waals surface area contributed by atoms with Gasteiger partial charge in [0.25, 0.3) is 0 Å². The molecule has 30 heavy (non-hydrogen) atoms. The minimum Gasteiger partial charge on any atom is -0.374 e. The number of nitrogens with one attached hydrogen (secondary N) is 1. The van der Waals surface area contributed by atoms with E-state index in [1.807, 2.05) is 0 Å². The first kappa shape index (κ1) is 20.2. The lowest BCUT2D eigenvalue weighted by molar-refractivity contribution is 0.0564. The Morgan fingerprint density at radius 3 is 2.33 bits per heavy atom. The summed E-state index contributed by atoms with van der Waals surface area (Å²) in [6, 6.07) is 17.1. The summed E-state index contributed by atoms with van der Waals surface area (Å²) in [5.41, 5.74) is 8.02. The van der Waals surface area contributed by atoms with Crippen molar-refractivity contribution in [1.29, 1.82) is 0 Å². The monoisotopic (exact) mass is 401 g/mol. The van der Waals surface area contributed by atoms with Gasteiger partial charge in [0.05, 0.1) is 5.54 Å². The summed E-state index contributed by atoms with van der Waals surface area (Å²) in [7, 11) is 0. The number of benzene rings is 2. The van der Waals surface area contributed by atoms with E-state index in [0.717, 1.165) is 5.92 Å². The van der Waals surface area contributed by atoms with Crippen LogP contribution in [0.3, 0.4) is 0 Å². The molecule has 3 atom stereocenters. The van der Waals surface area contributed by atoms with Crippen molar-refractivity contribution in [2.24, 2.45) is 5.92 Å². The zero-order valence-corrected chi connectivity index (χ0v) is 19.6. The fourth-order valence-electron chi connectivity index (χ4n) is 7.15. The van der Waals surface area contributed by atoms with Gasteiger partial charge >= 0.3 is 0 Å². The van der Waals surface area contributed by atoms with Gasteiger partial charge < -0.3 is 5.32 Å². The first-order chi connectivity index (χ1) is 14.3. The Morgan fingerprint density at radius 1 is 0.900 bits per heavy atom. The summed E-state index contributed by atoms with van der Waals surface area (Å²) in [4.78, 5) is 0. The van der Waals surface area contributed by atoms with Crippen molar-refractivity contribution in [2.45, 2.75) is 102 Å². The zero-order chi connectivity index (χ0) is 21.1. The molecule has 1 aliphatic heterocycles. The molecule has 1 heteroatoms. The normalized spacial score (nSPS) is 30.4. The number of hydrogen-bond donors (Lipinski definition) is 1. The van der Waals surface area contributed by atoms with E-state index in [0.29, 0.717) is 5.92 Å². The predicted molar refractivity (Wildman–Crippen MR) is 128 cm³/mol. The largest absolute Gasteiger partial charge is 0.374 e. The molecule has 160 valence electrons. The van der Waals surface area contributed by atoms with Crippen LogP contribution >= 0.6 is 0 Å². The van der Waals surface area contributed by atoms with Gasteiger partial charge in [-0.15, -0.1) is 0 Å². The SMILES string of the molecule is CC(C)c1ccc2c(c1)C13CCCC[C@H]1CCC[C@@]3(c1ccc(C(C)(C)C)cc1)N2. The maximum atomic E-state index is 4.18. The summed E-state index contributed by atoms with van der Waals surface area (Å²) in [5, 5.41) is 4.18. The molecule has 0 amide bonds. The van der Waals surface area contributed by atoms with Crippen molar-refractivity contribution >= 4 is 5.69 Å². The van der Waals surface area contributed by atoms with Crippen molar-refractivity contribution in [3.63, 3.8) is 0 Å². The fourth-order valence-corrected chi connectivity index (χ4v) is 7.15. The van der Waals surface area contributed by atoms with Crippen LogP contribution in [0.5, 0.6) is 0 Å². The molecule has 1 spiro atoms. The molecular weight excluding hydrogens is 362 g/mol. The lowest BCUT2D eigenvalue weighted by Crippen LogP contribution is -2.57. The van der Waals surface area contributed by atoms with Crippen LogP contribution in [0, 0.1) is 5.92 Å². The molecule has 0 bridgehead atoms. The maximum Gasteiger partial charge on any atom is 0.0725 e. The summed E-state index contributed by atoms with van der Waals surface area (Å²) >= 11 is 0. The van der Waals surface area contributed by atoms with Gasteiger partial charge in [-0.05, 0) is 71.3 Å². The standard InChI is InChI=1S/C29H39N/c1-20(2)21-11-16-26-25(19-21)28-17-7-6-9-23(28)10-8-18-29(28,30-26)24-14-12-22(13-15-24)27(3,4)5/h11-16,19-20,23,30H,6-10,17-18H2,1-5H3/t23-,28?,29-/m0/s1. The number of anilines is 1. The Balaban J connectivity index is 1.70. The van der Waals surface area contributed by atoms with Crippen LogP contribution in [0.25, 0.3) is 0 Å². The Hall–Kier alpha value is -1.76. The Labute approximate surface area is 183 Å². The highest BCUT2D eigenvalue weighted by atomic mass is 15.1. The van der Waals surface area contributed by atoms with E-state index in [2.05, 4.69) is 82.4 Å². The molecule has 1 heterocycles. The lowest BCUT2D eigenvalue weighted by atomic mass is 9.48. The highest BCUT2D eigenvalue weighted by molar-refractivity contribution is 5.68. The van der Waals surface area contributed by atoms with E-state index < -0.39 is 0 Å². The third kappa shape index (κ3) is 2.73. The highest BCUT2D eigenvalue weighted by Crippen LogP contribution is 2.66. The average Bonchev–Trinajstić information content (AvgIpc) is 3.02. The molecule has 2 fully saturated rings. The smallest absolute Gasteiger partial charge is 0.0725 e. The minimum absolute atomic E-state index is 0.0602. The Morgan fingerprint density at radius 2 is 1.63 bits per heavy atom. The number of fused-ring (bicyclic) bond motifs is 1. The summed E-state index contributed by atoms with van der Waals surface area (Å²) in [6.45, 7) is 11.6. The Bertz CT molecular complexity index is 930. The van der Waals surface area contributed by atoms with Crippen LogP contribution in [0.4, 0.5) is 5.69 Å². The van der Waals surface area contributed by atoms with E-state index in [-0.39, 0.29) is 16.4 Å². The molecule has 0 saturated heterocycles. The van der Waals surface area contributed by atoms with Gasteiger partial charge in [-0.1, -0.05) is 90.3 Å². The number of rotatable bonds is 2. The lowest BCUT2D eigenvalue weighted by Gasteiger charge is -2.57. The van der Waals surface area contributed by atoms with Gasteiger partial charge in [0.1, 0.15) is 0 Å². The second-order valence-corrected chi connectivity index (χ2v) is 11.6. The van der Waals surface area contributed by atoms with Gasteiger partial charge in [0.2, 0.25) is 0 Å².